The molecule has 1 saturated heterocycles. The molecule has 0 radical (unpaired) electrons. The van der Waals surface area contributed by atoms with Gasteiger partial charge in [0.1, 0.15) is 11.6 Å². The number of nitrogens with one attached hydrogen (secondary N) is 1. The van der Waals surface area contributed by atoms with E-state index in [0.717, 1.165) is 50.3 Å². The maximum Gasteiger partial charge on any atom is 0.123 e. The van der Waals surface area contributed by atoms with Gasteiger partial charge in [0, 0.05) is 12.5 Å². The van der Waals surface area contributed by atoms with Gasteiger partial charge >= 0.3 is 0 Å². The summed E-state index contributed by atoms with van der Waals surface area (Å²) in [6.45, 7) is 7.10. The van der Waals surface area contributed by atoms with Crippen LogP contribution < -0.4 is 5.32 Å². The molecule has 136 valence electrons. The van der Waals surface area contributed by atoms with E-state index in [1.54, 1.807) is 6.26 Å². The first-order chi connectivity index (χ1) is 12.0. The molecule has 0 unspecified atom stereocenters. The summed E-state index contributed by atoms with van der Waals surface area (Å²) in [5.74, 6) is 1.54. The number of hydrogen-bond acceptors (Lipinski definition) is 3. The minimum atomic E-state index is -0.206. The molecule has 1 aliphatic heterocycles. The summed E-state index contributed by atoms with van der Waals surface area (Å²) in [5, 5.41) is 3.60. The second kappa shape index (κ2) is 8.15. The number of hydrogen-bond donors (Lipinski definition) is 1. The van der Waals surface area contributed by atoms with Crippen LogP contribution in [0.1, 0.15) is 50.4 Å². The molecule has 1 N–H and O–H groups in total. The van der Waals surface area contributed by atoms with Crippen LogP contribution in [-0.4, -0.2) is 25.3 Å². The van der Waals surface area contributed by atoms with E-state index in [9.17, 15) is 4.39 Å². The van der Waals surface area contributed by atoms with Crippen molar-refractivity contribution in [3.05, 3.63) is 59.8 Å². The Balaban J connectivity index is 1.54. The predicted molar refractivity (Wildman–Crippen MR) is 97.2 cm³/mol. The summed E-state index contributed by atoms with van der Waals surface area (Å²) >= 11 is 0. The van der Waals surface area contributed by atoms with E-state index in [1.807, 2.05) is 24.3 Å². The molecule has 1 fully saturated rings. The van der Waals surface area contributed by atoms with E-state index >= 15 is 0 Å². The third-order valence-electron chi connectivity index (χ3n) is 5.00. The molecule has 2 atom stereocenters. The van der Waals surface area contributed by atoms with Crippen LogP contribution in [0.5, 0.6) is 0 Å². The van der Waals surface area contributed by atoms with Crippen LogP contribution in [0.3, 0.4) is 0 Å². The van der Waals surface area contributed by atoms with Gasteiger partial charge in [-0.15, -0.1) is 0 Å². The third kappa shape index (κ3) is 5.16. The van der Waals surface area contributed by atoms with Gasteiger partial charge in [-0.2, -0.15) is 0 Å². The average Bonchev–Trinajstić information content (AvgIpc) is 3.09. The van der Waals surface area contributed by atoms with Crippen molar-refractivity contribution in [2.45, 2.75) is 44.6 Å². The molecule has 1 aromatic heterocycles. The molecule has 2 aromatic rings. The smallest absolute Gasteiger partial charge is 0.123 e. The zero-order chi connectivity index (χ0) is 17.7. The Hall–Kier alpha value is -1.65. The number of benzene rings is 1. The first-order valence-corrected chi connectivity index (χ1v) is 9.17. The van der Waals surface area contributed by atoms with Gasteiger partial charge in [0.05, 0.1) is 11.9 Å². The first kappa shape index (κ1) is 18.2. The second-order valence-electron chi connectivity index (χ2n) is 7.58. The van der Waals surface area contributed by atoms with Crippen LogP contribution in [0.2, 0.25) is 0 Å². The molecule has 3 nitrogen and oxygen atoms in total. The van der Waals surface area contributed by atoms with Crippen molar-refractivity contribution in [2.24, 2.45) is 5.92 Å². The molecule has 4 heteroatoms. The highest BCUT2D eigenvalue weighted by Crippen LogP contribution is 2.29. The quantitative estimate of drug-likeness (QED) is 0.736. The average molecular weight is 345 g/mol. The van der Waals surface area contributed by atoms with Crippen molar-refractivity contribution in [3.8, 4) is 0 Å². The van der Waals surface area contributed by atoms with E-state index in [1.165, 1.54) is 12.1 Å². The van der Waals surface area contributed by atoms with Gasteiger partial charge in [-0.25, -0.2) is 4.39 Å². The predicted octanol–water partition coefficient (Wildman–Crippen LogP) is 4.74. The molecule has 2 heterocycles. The van der Waals surface area contributed by atoms with Crippen molar-refractivity contribution >= 4 is 0 Å². The molecule has 0 amide bonds. The monoisotopic (exact) mass is 345 g/mol. The Bertz CT molecular complexity index is 636. The summed E-state index contributed by atoms with van der Waals surface area (Å²) in [6, 6.07) is 10.6. The molecule has 1 aliphatic rings. The van der Waals surface area contributed by atoms with Gasteiger partial charge in [0.25, 0.3) is 0 Å². The fourth-order valence-electron chi connectivity index (χ4n) is 3.74. The fourth-order valence-corrected chi connectivity index (χ4v) is 3.74. The van der Waals surface area contributed by atoms with Gasteiger partial charge in [0.15, 0.2) is 0 Å². The van der Waals surface area contributed by atoms with Crippen molar-refractivity contribution in [1.82, 2.24) is 5.32 Å². The van der Waals surface area contributed by atoms with Crippen LogP contribution >= 0.6 is 0 Å². The molecule has 25 heavy (non-hydrogen) atoms. The standard InChI is InChI=1S/C21H28FNO2/c1-21(2)14-16(10-13-25-21)15-23-11-9-19(20-4-3-12-24-20)17-5-7-18(22)8-6-17/h3-8,12,16,19,23H,9-11,13-15H2,1-2H3/t16-,19+/m1/s1. The maximum absolute atomic E-state index is 13.2. The summed E-state index contributed by atoms with van der Waals surface area (Å²) in [5.41, 5.74) is 1.08. The normalized spacial score (nSPS) is 21.2. The Morgan fingerprint density at radius 1 is 1.24 bits per heavy atom. The summed E-state index contributed by atoms with van der Waals surface area (Å²) in [6.07, 6.45) is 4.84. The van der Waals surface area contributed by atoms with Gasteiger partial charge in [-0.05, 0) is 81.9 Å². The zero-order valence-electron chi connectivity index (χ0n) is 15.1. The number of furan rings is 1. The van der Waals surface area contributed by atoms with Crippen LogP contribution in [0, 0.1) is 11.7 Å². The van der Waals surface area contributed by atoms with Crippen molar-refractivity contribution < 1.29 is 13.5 Å². The molecule has 0 saturated carbocycles. The van der Waals surface area contributed by atoms with Crippen molar-refractivity contribution in [1.29, 1.82) is 0 Å². The fraction of sp³-hybridized carbons (Fsp3) is 0.524. The highest BCUT2D eigenvalue weighted by molar-refractivity contribution is 5.27. The lowest BCUT2D eigenvalue weighted by Gasteiger charge is -2.35. The second-order valence-corrected chi connectivity index (χ2v) is 7.58. The number of halogens is 1. The molecule has 0 bridgehead atoms. The molecular weight excluding hydrogens is 317 g/mol. The Labute approximate surface area is 149 Å². The Morgan fingerprint density at radius 2 is 2.04 bits per heavy atom. The van der Waals surface area contributed by atoms with E-state index in [4.69, 9.17) is 9.15 Å². The molecule has 1 aromatic carbocycles. The summed E-state index contributed by atoms with van der Waals surface area (Å²) in [7, 11) is 0. The lowest BCUT2D eigenvalue weighted by Crippen LogP contribution is -2.38. The summed E-state index contributed by atoms with van der Waals surface area (Å²) < 4.78 is 24.6. The number of rotatable bonds is 7. The van der Waals surface area contributed by atoms with Gasteiger partial charge < -0.3 is 14.5 Å². The molecule has 0 spiro atoms. The molecule has 3 rings (SSSR count). The topological polar surface area (TPSA) is 34.4 Å². The Morgan fingerprint density at radius 3 is 2.72 bits per heavy atom. The number of ether oxygens (including phenoxy) is 1. The highest BCUT2D eigenvalue weighted by Gasteiger charge is 2.28. The van der Waals surface area contributed by atoms with Crippen LogP contribution in [0.15, 0.2) is 47.1 Å². The van der Waals surface area contributed by atoms with Crippen molar-refractivity contribution in [3.63, 3.8) is 0 Å². The van der Waals surface area contributed by atoms with Crippen LogP contribution in [0.25, 0.3) is 0 Å². The lowest BCUT2D eigenvalue weighted by atomic mass is 9.88. The van der Waals surface area contributed by atoms with Crippen LogP contribution in [-0.2, 0) is 4.74 Å². The third-order valence-corrected chi connectivity index (χ3v) is 5.00. The van der Waals surface area contributed by atoms with E-state index < -0.39 is 0 Å². The maximum atomic E-state index is 13.2. The van der Waals surface area contributed by atoms with Gasteiger partial charge in [-0.3, -0.25) is 0 Å². The van der Waals surface area contributed by atoms with Crippen molar-refractivity contribution in [2.75, 3.05) is 19.7 Å². The lowest BCUT2D eigenvalue weighted by molar-refractivity contribution is -0.0717. The zero-order valence-corrected chi connectivity index (χ0v) is 15.1. The largest absolute Gasteiger partial charge is 0.469 e. The minimum Gasteiger partial charge on any atom is -0.469 e. The molecule has 0 aliphatic carbocycles. The van der Waals surface area contributed by atoms with Gasteiger partial charge in [0.2, 0.25) is 0 Å². The van der Waals surface area contributed by atoms with Crippen LogP contribution in [0.4, 0.5) is 4.39 Å². The highest BCUT2D eigenvalue weighted by atomic mass is 19.1. The first-order valence-electron chi connectivity index (χ1n) is 9.17. The molecular formula is C21H28FNO2. The minimum absolute atomic E-state index is 0.00455. The van der Waals surface area contributed by atoms with E-state index in [-0.39, 0.29) is 17.3 Å². The summed E-state index contributed by atoms with van der Waals surface area (Å²) in [4.78, 5) is 0. The van der Waals surface area contributed by atoms with Gasteiger partial charge in [-0.1, -0.05) is 12.1 Å². The van der Waals surface area contributed by atoms with E-state index in [2.05, 4.69) is 19.2 Å². The Kier molecular flexibility index (Phi) is 5.92. The van der Waals surface area contributed by atoms with E-state index in [0.29, 0.717) is 5.92 Å². The SMILES string of the molecule is CC1(C)C[C@H](CNCC[C@@H](c2ccc(F)cc2)c2ccco2)CCO1.